The molecular weight excluding hydrogens is 457 g/mol. The minimum atomic E-state index is -5.08. The molecule has 2 heterocycles. The molecule has 0 bridgehead atoms. The number of piperazine rings is 1. The number of carboxylic acid groups (broad SMARTS) is 1. The first-order valence-electron chi connectivity index (χ1n) is 10.5. The number of rotatable bonds is 5. The highest BCUT2D eigenvalue weighted by Gasteiger charge is 2.38. The molecule has 1 fully saturated rings. The molecule has 0 saturated carbocycles. The summed E-state index contributed by atoms with van der Waals surface area (Å²) >= 11 is 0. The number of ether oxygens (including phenoxy) is 1. The second kappa shape index (κ2) is 11.5. The van der Waals surface area contributed by atoms with Gasteiger partial charge in [0.15, 0.2) is 0 Å². The fraction of sp³-hybridized carbons (Fsp3) is 0.455. The summed E-state index contributed by atoms with van der Waals surface area (Å²) in [6.07, 6.45) is -4.01. The van der Waals surface area contributed by atoms with Crippen LogP contribution in [0.15, 0.2) is 24.3 Å². The number of alkyl halides is 3. The Morgan fingerprint density at radius 3 is 2.15 bits per heavy atom. The van der Waals surface area contributed by atoms with E-state index in [0.29, 0.717) is 50.3 Å². The number of nitrogens with one attached hydrogen (secondary N) is 1. The van der Waals surface area contributed by atoms with E-state index in [2.05, 4.69) is 10.2 Å². The van der Waals surface area contributed by atoms with Crippen molar-refractivity contribution in [1.82, 2.24) is 20.0 Å². The van der Waals surface area contributed by atoms with Crippen LogP contribution in [-0.4, -0.2) is 82.4 Å². The van der Waals surface area contributed by atoms with Crippen molar-refractivity contribution in [2.45, 2.75) is 32.9 Å². The lowest BCUT2D eigenvalue weighted by atomic mass is 10.1. The van der Waals surface area contributed by atoms with Crippen LogP contribution in [0.2, 0.25) is 0 Å². The topological polar surface area (TPSA) is 116 Å². The number of carboxylic acids is 1. The number of carbonyl (C=O) groups is 3. The molecule has 12 heteroatoms. The Hall–Kier alpha value is -3.57. The lowest BCUT2D eigenvalue weighted by molar-refractivity contribution is -0.192. The molecule has 2 aromatic rings. The summed E-state index contributed by atoms with van der Waals surface area (Å²) in [4.78, 5) is 37.7. The molecule has 1 saturated heterocycles. The first-order valence-corrected chi connectivity index (χ1v) is 10.5. The summed E-state index contributed by atoms with van der Waals surface area (Å²) in [7, 11) is 1.56. The van der Waals surface area contributed by atoms with Crippen LogP contribution in [0.5, 0.6) is 5.75 Å². The molecule has 0 spiro atoms. The lowest BCUT2D eigenvalue weighted by Crippen LogP contribution is -2.50. The molecule has 0 radical (unpaired) electrons. The van der Waals surface area contributed by atoms with Crippen molar-refractivity contribution in [3.63, 3.8) is 0 Å². The number of nitrogens with zero attached hydrogens (tertiary/aromatic N) is 3. The van der Waals surface area contributed by atoms with Gasteiger partial charge in [-0.15, -0.1) is 0 Å². The second-order valence-electron chi connectivity index (χ2n) is 7.60. The summed E-state index contributed by atoms with van der Waals surface area (Å²) in [6.45, 7) is 6.16. The number of aromatic amines is 1. The van der Waals surface area contributed by atoms with E-state index in [1.807, 2.05) is 30.9 Å². The quantitative estimate of drug-likeness (QED) is 0.674. The standard InChI is InChI=1S/C20H26N4O3.C2HF3O2/c1-14-15(2)21-22-17(14)8-9-19(25)23-10-12-24(13-11-23)20(26)16-6-4-5-7-18(16)27-3;3-2(4,5)1(6)7/h4-7H,8-13H2,1-3H3,(H,21,22);(H,6,7). The van der Waals surface area contributed by atoms with Gasteiger partial charge in [-0.25, -0.2) is 4.79 Å². The number of aromatic nitrogens is 2. The number of aliphatic carboxylic acids is 1. The molecular formula is C22H27F3N4O5. The summed E-state index contributed by atoms with van der Waals surface area (Å²) in [5, 5.41) is 14.3. The smallest absolute Gasteiger partial charge is 0.490 e. The summed E-state index contributed by atoms with van der Waals surface area (Å²) in [6, 6.07) is 7.22. The maximum Gasteiger partial charge on any atom is 0.490 e. The zero-order valence-electron chi connectivity index (χ0n) is 19.1. The number of carbonyl (C=O) groups excluding carboxylic acids is 2. The molecule has 0 unspecified atom stereocenters. The molecule has 1 aromatic heterocycles. The maximum absolute atomic E-state index is 12.7. The van der Waals surface area contributed by atoms with Crippen LogP contribution < -0.4 is 4.74 Å². The first kappa shape index (κ1) is 26.7. The SMILES string of the molecule is COc1ccccc1C(=O)N1CCN(C(=O)CCc2n[nH]c(C)c2C)CC1.O=C(O)C(F)(F)F. The molecule has 34 heavy (non-hydrogen) atoms. The number of H-pyrrole nitrogens is 1. The largest absolute Gasteiger partial charge is 0.496 e. The Morgan fingerprint density at radius 2 is 1.65 bits per heavy atom. The number of hydrogen-bond acceptors (Lipinski definition) is 5. The zero-order chi connectivity index (χ0) is 25.5. The van der Waals surface area contributed by atoms with E-state index in [0.717, 1.165) is 17.0 Å². The Bertz CT molecular complexity index is 1010. The third-order valence-electron chi connectivity index (χ3n) is 5.43. The number of aryl methyl sites for hydroxylation is 2. The van der Waals surface area contributed by atoms with E-state index in [9.17, 15) is 22.8 Å². The molecule has 2 N–H and O–H groups in total. The Morgan fingerprint density at radius 1 is 1.09 bits per heavy atom. The fourth-order valence-electron chi connectivity index (χ4n) is 3.31. The fourth-order valence-corrected chi connectivity index (χ4v) is 3.31. The van der Waals surface area contributed by atoms with Crippen molar-refractivity contribution in [3.8, 4) is 5.75 Å². The average Bonchev–Trinajstić information content (AvgIpc) is 3.14. The van der Waals surface area contributed by atoms with Crippen molar-refractivity contribution in [2.24, 2.45) is 0 Å². The van der Waals surface area contributed by atoms with Crippen molar-refractivity contribution in [2.75, 3.05) is 33.3 Å². The van der Waals surface area contributed by atoms with Gasteiger partial charge in [-0.1, -0.05) is 12.1 Å². The van der Waals surface area contributed by atoms with Gasteiger partial charge < -0.3 is 19.6 Å². The van der Waals surface area contributed by atoms with Crippen molar-refractivity contribution in [3.05, 3.63) is 46.8 Å². The van der Waals surface area contributed by atoms with Gasteiger partial charge in [0.05, 0.1) is 18.4 Å². The zero-order valence-corrected chi connectivity index (χ0v) is 19.1. The number of benzene rings is 1. The minimum Gasteiger partial charge on any atom is -0.496 e. The van der Waals surface area contributed by atoms with E-state index in [-0.39, 0.29) is 11.8 Å². The summed E-state index contributed by atoms with van der Waals surface area (Å²) in [5.41, 5.74) is 3.67. The van der Waals surface area contributed by atoms with E-state index in [1.54, 1.807) is 24.1 Å². The third kappa shape index (κ3) is 6.96. The molecule has 1 aliphatic rings. The molecule has 0 atom stereocenters. The van der Waals surface area contributed by atoms with Crippen LogP contribution in [0.3, 0.4) is 0 Å². The van der Waals surface area contributed by atoms with Crippen molar-refractivity contribution in [1.29, 1.82) is 0 Å². The molecule has 2 amide bonds. The number of para-hydroxylation sites is 1. The van der Waals surface area contributed by atoms with Crippen molar-refractivity contribution < 1.29 is 37.4 Å². The van der Waals surface area contributed by atoms with Crippen LogP contribution in [0.1, 0.15) is 33.7 Å². The van der Waals surface area contributed by atoms with Crippen LogP contribution in [0.4, 0.5) is 13.2 Å². The third-order valence-corrected chi connectivity index (χ3v) is 5.43. The second-order valence-corrected chi connectivity index (χ2v) is 7.60. The lowest BCUT2D eigenvalue weighted by Gasteiger charge is -2.35. The van der Waals surface area contributed by atoms with Crippen LogP contribution >= 0.6 is 0 Å². The van der Waals surface area contributed by atoms with Gasteiger partial charge in [0.25, 0.3) is 5.91 Å². The Kier molecular flexibility index (Phi) is 9.04. The molecule has 1 aliphatic heterocycles. The number of halogens is 3. The molecule has 186 valence electrons. The van der Waals surface area contributed by atoms with Gasteiger partial charge >= 0.3 is 12.1 Å². The van der Waals surface area contributed by atoms with Gasteiger partial charge in [0.1, 0.15) is 5.75 Å². The first-order chi connectivity index (χ1) is 16.0. The maximum atomic E-state index is 12.7. The Labute approximate surface area is 194 Å². The minimum absolute atomic E-state index is 0.0535. The monoisotopic (exact) mass is 484 g/mol. The predicted octanol–water partition coefficient (Wildman–Crippen LogP) is 2.59. The Balaban J connectivity index is 0.000000509. The van der Waals surface area contributed by atoms with Gasteiger partial charge in [0.2, 0.25) is 5.91 Å². The van der Waals surface area contributed by atoms with E-state index >= 15 is 0 Å². The molecule has 3 rings (SSSR count). The molecule has 1 aromatic carbocycles. The molecule has 0 aliphatic carbocycles. The van der Waals surface area contributed by atoms with Gasteiger partial charge in [0, 0.05) is 44.7 Å². The normalized spacial score (nSPS) is 13.7. The summed E-state index contributed by atoms with van der Waals surface area (Å²) in [5.74, 6) is -2.13. The van der Waals surface area contributed by atoms with Gasteiger partial charge in [-0.2, -0.15) is 18.3 Å². The number of hydrogen-bond donors (Lipinski definition) is 2. The summed E-state index contributed by atoms with van der Waals surface area (Å²) < 4.78 is 37.0. The van der Waals surface area contributed by atoms with Gasteiger partial charge in [-0.3, -0.25) is 14.7 Å². The molecule has 9 nitrogen and oxygen atoms in total. The number of amides is 2. The van der Waals surface area contributed by atoms with Crippen LogP contribution in [0.25, 0.3) is 0 Å². The van der Waals surface area contributed by atoms with E-state index in [1.165, 1.54) is 0 Å². The van der Waals surface area contributed by atoms with Gasteiger partial charge in [-0.05, 0) is 31.5 Å². The number of methoxy groups -OCH3 is 1. The van der Waals surface area contributed by atoms with E-state index in [4.69, 9.17) is 14.6 Å². The van der Waals surface area contributed by atoms with E-state index < -0.39 is 12.1 Å². The van der Waals surface area contributed by atoms with Crippen molar-refractivity contribution >= 4 is 17.8 Å². The highest BCUT2D eigenvalue weighted by molar-refractivity contribution is 5.97. The highest BCUT2D eigenvalue weighted by atomic mass is 19.4. The average molecular weight is 484 g/mol. The predicted molar refractivity (Wildman–Crippen MR) is 116 cm³/mol. The van der Waals surface area contributed by atoms with Crippen LogP contribution in [-0.2, 0) is 16.0 Å². The van der Waals surface area contributed by atoms with Crippen LogP contribution in [0, 0.1) is 13.8 Å². The highest BCUT2D eigenvalue weighted by Crippen LogP contribution is 2.20.